The number of likely N-dealkylation sites (tertiary alicyclic amines) is 1. The molecule has 4 rings (SSSR count). The van der Waals surface area contributed by atoms with E-state index in [9.17, 15) is 0 Å². The molecule has 0 amide bonds. The van der Waals surface area contributed by atoms with Crippen LogP contribution >= 0.6 is 24.0 Å². The lowest BCUT2D eigenvalue weighted by Crippen LogP contribution is -2.43. The lowest BCUT2D eigenvalue weighted by molar-refractivity contribution is 0.213. The van der Waals surface area contributed by atoms with Crippen molar-refractivity contribution in [1.82, 2.24) is 15.5 Å². The van der Waals surface area contributed by atoms with E-state index in [4.69, 9.17) is 4.42 Å². The third-order valence-corrected chi connectivity index (χ3v) is 6.55. The average molecular weight is 552 g/mol. The number of nitrogens with one attached hydrogen (secondary N) is 2. The molecule has 0 saturated carbocycles. The summed E-state index contributed by atoms with van der Waals surface area (Å²) in [4.78, 5) is 9.48. The highest BCUT2D eigenvalue weighted by Gasteiger charge is 2.26. The van der Waals surface area contributed by atoms with Crippen molar-refractivity contribution in [3.63, 3.8) is 0 Å². The molecule has 2 aromatic rings. The van der Waals surface area contributed by atoms with E-state index in [1.807, 2.05) is 14.0 Å². The number of furan rings is 1. The summed E-state index contributed by atoms with van der Waals surface area (Å²) >= 11 is 0. The van der Waals surface area contributed by atoms with Gasteiger partial charge in [0.25, 0.3) is 0 Å². The van der Waals surface area contributed by atoms with Crippen LogP contribution in [0.1, 0.15) is 61.8 Å². The van der Waals surface area contributed by atoms with Crippen LogP contribution in [0.15, 0.2) is 45.8 Å². The SMILES string of the molecule is CN=C(NCC(c1ccc(C)o1)N1CCCC1)NC(C)c1cccc(N2CCCC2)c1.I. The van der Waals surface area contributed by atoms with E-state index in [2.05, 4.69) is 68.7 Å². The Morgan fingerprint density at radius 1 is 1.06 bits per heavy atom. The van der Waals surface area contributed by atoms with Gasteiger partial charge in [-0.05, 0) is 82.4 Å². The fourth-order valence-electron chi connectivity index (χ4n) is 4.74. The normalized spacial score (nSPS) is 19.0. The summed E-state index contributed by atoms with van der Waals surface area (Å²) in [7, 11) is 1.84. The summed E-state index contributed by atoms with van der Waals surface area (Å²) in [6, 6.07) is 13.5. The van der Waals surface area contributed by atoms with Gasteiger partial charge in [0.2, 0.25) is 0 Å². The first kappa shape index (κ1) is 24.9. The summed E-state index contributed by atoms with van der Waals surface area (Å²) in [5, 5.41) is 7.13. The molecule has 0 aliphatic carbocycles. The van der Waals surface area contributed by atoms with Gasteiger partial charge in [-0.3, -0.25) is 9.89 Å². The van der Waals surface area contributed by atoms with E-state index in [-0.39, 0.29) is 36.1 Å². The van der Waals surface area contributed by atoms with Crippen molar-refractivity contribution < 1.29 is 4.42 Å². The first-order valence-electron chi connectivity index (χ1n) is 11.8. The average Bonchev–Trinajstić information content (AvgIpc) is 3.56. The van der Waals surface area contributed by atoms with Gasteiger partial charge >= 0.3 is 0 Å². The Morgan fingerprint density at radius 2 is 1.78 bits per heavy atom. The fraction of sp³-hybridized carbons (Fsp3) is 0.560. The van der Waals surface area contributed by atoms with Crippen molar-refractivity contribution in [3.05, 3.63) is 53.5 Å². The first-order valence-corrected chi connectivity index (χ1v) is 11.8. The number of hydrogen-bond acceptors (Lipinski definition) is 4. The topological polar surface area (TPSA) is 56.0 Å². The van der Waals surface area contributed by atoms with Crippen LogP contribution in [0.3, 0.4) is 0 Å². The molecule has 176 valence electrons. The Kier molecular flexibility index (Phi) is 9.28. The quantitative estimate of drug-likeness (QED) is 0.292. The smallest absolute Gasteiger partial charge is 0.191 e. The molecule has 1 aromatic carbocycles. The van der Waals surface area contributed by atoms with Crippen molar-refractivity contribution in [2.24, 2.45) is 4.99 Å². The van der Waals surface area contributed by atoms with Crippen LogP contribution in [0.5, 0.6) is 0 Å². The highest BCUT2D eigenvalue weighted by atomic mass is 127. The van der Waals surface area contributed by atoms with Crippen LogP contribution < -0.4 is 15.5 Å². The van der Waals surface area contributed by atoms with Crippen LogP contribution in [0.2, 0.25) is 0 Å². The molecule has 2 saturated heterocycles. The molecule has 7 heteroatoms. The molecule has 0 bridgehead atoms. The third-order valence-electron chi connectivity index (χ3n) is 6.55. The molecule has 2 fully saturated rings. The molecule has 0 spiro atoms. The Bertz CT molecular complexity index is 871. The Labute approximate surface area is 209 Å². The van der Waals surface area contributed by atoms with E-state index < -0.39 is 0 Å². The Morgan fingerprint density at radius 3 is 2.44 bits per heavy atom. The Hall–Kier alpha value is -1.74. The van der Waals surface area contributed by atoms with Crippen LogP contribution in [-0.4, -0.2) is 50.6 Å². The summed E-state index contributed by atoms with van der Waals surface area (Å²) in [6.45, 7) is 9.56. The molecular formula is C25H38IN5O. The van der Waals surface area contributed by atoms with Crippen LogP contribution in [0.4, 0.5) is 5.69 Å². The zero-order chi connectivity index (χ0) is 21.6. The molecule has 3 heterocycles. The van der Waals surface area contributed by atoms with E-state index in [1.54, 1.807) is 0 Å². The van der Waals surface area contributed by atoms with Crippen molar-refractivity contribution in [3.8, 4) is 0 Å². The number of rotatable bonds is 7. The number of anilines is 1. The van der Waals surface area contributed by atoms with Gasteiger partial charge < -0.3 is 20.0 Å². The second kappa shape index (κ2) is 11.9. The molecule has 6 nitrogen and oxygen atoms in total. The number of aryl methyl sites for hydroxylation is 1. The monoisotopic (exact) mass is 551 g/mol. The summed E-state index contributed by atoms with van der Waals surface area (Å²) < 4.78 is 5.99. The maximum absolute atomic E-state index is 5.99. The molecule has 2 unspecified atom stereocenters. The van der Waals surface area contributed by atoms with Crippen molar-refractivity contribution >= 4 is 35.6 Å². The zero-order valence-corrected chi connectivity index (χ0v) is 22.0. The van der Waals surface area contributed by atoms with Gasteiger partial charge in [0, 0.05) is 32.4 Å². The van der Waals surface area contributed by atoms with Gasteiger partial charge in [0.1, 0.15) is 11.5 Å². The van der Waals surface area contributed by atoms with Gasteiger partial charge in [-0.25, -0.2) is 0 Å². The number of guanidine groups is 1. The van der Waals surface area contributed by atoms with Crippen LogP contribution in [-0.2, 0) is 0 Å². The number of aliphatic imine (C=N–C) groups is 1. The van der Waals surface area contributed by atoms with E-state index in [1.165, 1.54) is 50.0 Å². The maximum atomic E-state index is 5.99. The van der Waals surface area contributed by atoms with E-state index >= 15 is 0 Å². The van der Waals surface area contributed by atoms with Gasteiger partial charge in [-0.2, -0.15) is 0 Å². The molecule has 2 N–H and O–H groups in total. The predicted molar refractivity (Wildman–Crippen MR) is 143 cm³/mol. The maximum Gasteiger partial charge on any atom is 0.191 e. The predicted octanol–water partition coefficient (Wildman–Crippen LogP) is 4.87. The molecule has 0 radical (unpaired) electrons. The highest BCUT2D eigenvalue weighted by molar-refractivity contribution is 14.0. The number of nitrogens with zero attached hydrogens (tertiary/aromatic N) is 3. The zero-order valence-electron chi connectivity index (χ0n) is 19.6. The third kappa shape index (κ3) is 6.19. The molecular weight excluding hydrogens is 513 g/mol. The molecule has 32 heavy (non-hydrogen) atoms. The lowest BCUT2D eigenvalue weighted by atomic mass is 10.1. The van der Waals surface area contributed by atoms with Crippen molar-refractivity contribution in [2.75, 3.05) is 44.7 Å². The number of hydrogen-bond donors (Lipinski definition) is 2. The van der Waals surface area contributed by atoms with E-state index in [0.717, 1.165) is 37.1 Å². The standard InChI is InChI=1S/C25H37N5O.HI/c1-19-11-12-24(31-19)23(30-15-6-7-16-30)18-27-25(26-3)28-20(2)21-9-8-10-22(17-21)29-13-4-5-14-29;/h8-12,17,20,23H,4-7,13-16,18H2,1-3H3,(H2,26,27,28);1H. The minimum absolute atomic E-state index is 0. The van der Waals surface area contributed by atoms with Gasteiger partial charge in [-0.1, -0.05) is 12.1 Å². The Balaban J connectivity index is 0.00000289. The van der Waals surface area contributed by atoms with E-state index in [0.29, 0.717) is 0 Å². The molecule has 2 atom stereocenters. The van der Waals surface area contributed by atoms with Crippen LogP contribution in [0, 0.1) is 6.92 Å². The number of halogens is 1. The van der Waals surface area contributed by atoms with Gasteiger partial charge in [0.15, 0.2) is 5.96 Å². The second-order valence-electron chi connectivity index (χ2n) is 8.82. The van der Waals surface area contributed by atoms with Gasteiger partial charge in [0.05, 0.1) is 12.1 Å². The highest BCUT2D eigenvalue weighted by Crippen LogP contribution is 2.26. The lowest BCUT2D eigenvalue weighted by Gasteiger charge is -2.27. The summed E-state index contributed by atoms with van der Waals surface area (Å²) in [5.41, 5.74) is 2.61. The minimum atomic E-state index is 0. The summed E-state index contributed by atoms with van der Waals surface area (Å²) in [5.74, 6) is 2.83. The molecule has 2 aliphatic heterocycles. The minimum Gasteiger partial charge on any atom is -0.465 e. The fourth-order valence-corrected chi connectivity index (χ4v) is 4.74. The molecule has 1 aromatic heterocycles. The molecule has 2 aliphatic rings. The summed E-state index contributed by atoms with van der Waals surface area (Å²) in [6.07, 6.45) is 5.10. The van der Waals surface area contributed by atoms with Crippen molar-refractivity contribution in [2.45, 2.75) is 51.6 Å². The second-order valence-corrected chi connectivity index (χ2v) is 8.82. The number of benzene rings is 1. The van der Waals surface area contributed by atoms with Crippen LogP contribution in [0.25, 0.3) is 0 Å². The first-order chi connectivity index (χ1) is 15.1. The largest absolute Gasteiger partial charge is 0.465 e. The van der Waals surface area contributed by atoms with Gasteiger partial charge in [-0.15, -0.1) is 24.0 Å². The van der Waals surface area contributed by atoms with Crippen molar-refractivity contribution in [1.29, 1.82) is 0 Å².